The van der Waals surface area contributed by atoms with E-state index in [2.05, 4.69) is 47.0 Å². The lowest BCUT2D eigenvalue weighted by Gasteiger charge is -2.09. The maximum Gasteiger partial charge on any atom is 0.0945 e. The van der Waals surface area contributed by atoms with Crippen LogP contribution in [0.3, 0.4) is 0 Å². The fourth-order valence-electron chi connectivity index (χ4n) is 1.53. The lowest BCUT2D eigenvalue weighted by molar-refractivity contribution is 0.537. The second-order valence-corrected chi connectivity index (χ2v) is 6.01. The van der Waals surface area contributed by atoms with Crippen molar-refractivity contribution in [3.05, 3.63) is 27.9 Å². The van der Waals surface area contributed by atoms with Crippen molar-refractivity contribution in [1.29, 1.82) is 0 Å². The van der Waals surface area contributed by atoms with Gasteiger partial charge in [-0.3, -0.25) is 0 Å². The quantitative estimate of drug-likeness (QED) is 0.860. The fourth-order valence-corrected chi connectivity index (χ4v) is 3.09. The van der Waals surface area contributed by atoms with Crippen molar-refractivity contribution in [3.63, 3.8) is 0 Å². The van der Waals surface area contributed by atoms with Crippen LogP contribution < -0.4 is 5.32 Å². The van der Waals surface area contributed by atoms with Crippen LogP contribution in [0.2, 0.25) is 0 Å². The Morgan fingerprint density at radius 2 is 2.29 bits per heavy atom. The van der Waals surface area contributed by atoms with Gasteiger partial charge in [-0.1, -0.05) is 13.0 Å². The van der Waals surface area contributed by atoms with Gasteiger partial charge >= 0.3 is 0 Å². The van der Waals surface area contributed by atoms with Crippen molar-refractivity contribution < 1.29 is 0 Å². The molecule has 92 valence electrons. The van der Waals surface area contributed by atoms with Gasteiger partial charge in [0.15, 0.2) is 0 Å². The van der Waals surface area contributed by atoms with E-state index in [0.717, 1.165) is 18.7 Å². The zero-order chi connectivity index (χ0) is 12.1. The second-order valence-electron chi connectivity index (χ2n) is 4.12. The molecule has 0 fully saturated rings. The van der Waals surface area contributed by atoms with E-state index in [1.807, 2.05) is 0 Å². The second kappa shape index (κ2) is 6.28. The molecule has 2 aromatic heterocycles. The summed E-state index contributed by atoms with van der Waals surface area (Å²) in [5.74, 6) is 0. The van der Waals surface area contributed by atoms with Crippen molar-refractivity contribution in [2.75, 3.05) is 6.54 Å². The molecule has 4 heteroatoms. The highest BCUT2D eigenvalue weighted by Crippen LogP contribution is 2.26. The van der Waals surface area contributed by atoms with Crippen LogP contribution in [0.4, 0.5) is 0 Å². The first-order valence-corrected chi connectivity index (χ1v) is 7.77. The number of aromatic nitrogens is 1. The van der Waals surface area contributed by atoms with Crippen molar-refractivity contribution in [1.82, 2.24) is 10.3 Å². The maximum atomic E-state index is 4.66. The molecule has 0 aliphatic heterocycles. The molecule has 0 amide bonds. The van der Waals surface area contributed by atoms with Crippen LogP contribution in [-0.4, -0.2) is 17.6 Å². The summed E-state index contributed by atoms with van der Waals surface area (Å²) in [7, 11) is 0. The molecule has 1 N–H and O–H groups in total. The molecular weight excluding hydrogens is 248 g/mol. The number of nitrogens with one attached hydrogen (secondary N) is 1. The predicted molar refractivity (Wildman–Crippen MR) is 76.9 cm³/mol. The molecule has 0 saturated carbocycles. The smallest absolute Gasteiger partial charge is 0.0945 e. The molecule has 0 spiro atoms. The van der Waals surface area contributed by atoms with Crippen molar-refractivity contribution in [2.24, 2.45) is 0 Å². The maximum absolute atomic E-state index is 4.66. The SMILES string of the molecule is CCC(C)NCCc1nc(-c2cccs2)cs1. The standard InChI is InChI=1S/C13H18N2S2/c1-3-10(2)14-7-6-13-15-11(9-17-13)12-5-4-8-16-12/h4-5,8-10,14H,3,6-7H2,1-2H3. The topological polar surface area (TPSA) is 24.9 Å². The Hall–Kier alpha value is -0.710. The number of rotatable bonds is 6. The molecule has 17 heavy (non-hydrogen) atoms. The van der Waals surface area contributed by atoms with E-state index in [4.69, 9.17) is 0 Å². The number of thiophene rings is 1. The normalized spacial score (nSPS) is 12.8. The van der Waals surface area contributed by atoms with Crippen LogP contribution in [-0.2, 0) is 6.42 Å². The van der Waals surface area contributed by atoms with E-state index in [1.54, 1.807) is 22.7 Å². The first-order chi connectivity index (χ1) is 8.29. The van der Waals surface area contributed by atoms with E-state index < -0.39 is 0 Å². The molecule has 0 saturated heterocycles. The summed E-state index contributed by atoms with van der Waals surface area (Å²) >= 11 is 3.51. The van der Waals surface area contributed by atoms with Crippen LogP contribution in [0.5, 0.6) is 0 Å². The highest BCUT2D eigenvalue weighted by atomic mass is 32.1. The minimum atomic E-state index is 0.603. The summed E-state index contributed by atoms with van der Waals surface area (Å²) in [5, 5.41) is 8.97. The Balaban J connectivity index is 1.87. The van der Waals surface area contributed by atoms with Crippen molar-refractivity contribution in [3.8, 4) is 10.6 Å². The third-order valence-electron chi connectivity index (χ3n) is 2.77. The van der Waals surface area contributed by atoms with Gasteiger partial charge in [0.25, 0.3) is 0 Å². The van der Waals surface area contributed by atoms with Gasteiger partial charge < -0.3 is 5.32 Å². The Morgan fingerprint density at radius 3 is 3.00 bits per heavy atom. The van der Waals surface area contributed by atoms with Gasteiger partial charge in [-0.2, -0.15) is 0 Å². The van der Waals surface area contributed by atoms with Gasteiger partial charge in [-0.05, 0) is 24.8 Å². The van der Waals surface area contributed by atoms with Gasteiger partial charge in [0.2, 0.25) is 0 Å². The van der Waals surface area contributed by atoms with Gasteiger partial charge in [0.1, 0.15) is 0 Å². The van der Waals surface area contributed by atoms with E-state index in [9.17, 15) is 0 Å². The molecule has 2 heterocycles. The molecule has 2 aromatic rings. The molecule has 2 rings (SSSR count). The molecule has 0 aliphatic carbocycles. The largest absolute Gasteiger partial charge is 0.314 e. The highest BCUT2D eigenvalue weighted by Gasteiger charge is 2.05. The van der Waals surface area contributed by atoms with E-state index in [0.29, 0.717) is 6.04 Å². The first kappa shape index (κ1) is 12.7. The third-order valence-corrected chi connectivity index (χ3v) is 4.57. The molecule has 0 aliphatic rings. The average molecular weight is 266 g/mol. The average Bonchev–Trinajstić information content (AvgIpc) is 2.98. The number of thiazole rings is 1. The predicted octanol–water partition coefficient (Wildman–Crippen LogP) is 3.80. The van der Waals surface area contributed by atoms with Crippen LogP contribution in [0.1, 0.15) is 25.3 Å². The Morgan fingerprint density at radius 1 is 1.41 bits per heavy atom. The zero-order valence-electron chi connectivity index (χ0n) is 10.3. The van der Waals surface area contributed by atoms with Crippen LogP contribution in [0.15, 0.2) is 22.9 Å². The van der Waals surface area contributed by atoms with E-state index in [1.165, 1.54) is 16.3 Å². The summed E-state index contributed by atoms with van der Waals surface area (Å²) in [6, 6.07) is 4.80. The molecule has 1 unspecified atom stereocenters. The van der Waals surface area contributed by atoms with Crippen LogP contribution in [0.25, 0.3) is 10.6 Å². The van der Waals surface area contributed by atoms with Crippen LogP contribution >= 0.6 is 22.7 Å². The van der Waals surface area contributed by atoms with E-state index in [-0.39, 0.29) is 0 Å². The Kier molecular flexibility index (Phi) is 4.71. The zero-order valence-corrected chi connectivity index (χ0v) is 11.9. The summed E-state index contributed by atoms with van der Waals surface area (Å²) in [4.78, 5) is 5.93. The Bertz CT molecular complexity index is 434. The highest BCUT2D eigenvalue weighted by molar-refractivity contribution is 7.14. The molecule has 0 bridgehead atoms. The van der Waals surface area contributed by atoms with Crippen LogP contribution in [0, 0.1) is 0 Å². The first-order valence-electron chi connectivity index (χ1n) is 6.01. The fraction of sp³-hybridized carbons (Fsp3) is 0.462. The Labute approximate surface area is 111 Å². The van der Waals surface area contributed by atoms with Crippen molar-refractivity contribution >= 4 is 22.7 Å². The molecule has 2 nitrogen and oxygen atoms in total. The van der Waals surface area contributed by atoms with Gasteiger partial charge in [-0.25, -0.2) is 4.98 Å². The third kappa shape index (κ3) is 3.63. The summed E-state index contributed by atoms with van der Waals surface area (Å²) in [6.45, 7) is 5.45. The number of nitrogens with zero attached hydrogens (tertiary/aromatic N) is 1. The van der Waals surface area contributed by atoms with Gasteiger partial charge in [0.05, 0.1) is 15.6 Å². The minimum absolute atomic E-state index is 0.603. The van der Waals surface area contributed by atoms with Gasteiger partial charge in [-0.15, -0.1) is 22.7 Å². The summed E-state index contributed by atoms with van der Waals surface area (Å²) in [5.41, 5.74) is 1.13. The summed E-state index contributed by atoms with van der Waals surface area (Å²) < 4.78 is 0. The summed E-state index contributed by atoms with van der Waals surface area (Å²) in [6.07, 6.45) is 2.21. The molecular formula is C13H18N2S2. The van der Waals surface area contributed by atoms with E-state index >= 15 is 0 Å². The monoisotopic (exact) mass is 266 g/mol. The molecule has 0 radical (unpaired) electrons. The minimum Gasteiger partial charge on any atom is -0.314 e. The lowest BCUT2D eigenvalue weighted by Crippen LogP contribution is -2.27. The molecule has 0 aromatic carbocycles. The van der Waals surface area contributed by atoms with Crippen molar-refractivity contribution in [2.45, 2.75) is 32.7 Å². The molecule has 1 atom stereocenters. The van der Waals surface area contributed by atoms with Gasteiger partial charge in [0, 0.05) is 24.4 Å². The number of hydrogen-bond acceptors (Lipinski definition) is 4. The lowest BCUT2D eigenvalue weighted by atomic mass is 10.2. The number of hydrogen-bond donors (Lipinski definition) is 1.